The summed E-state index contributed by atoms with van der Waals surface area (Å²) < 4.78 is 34.1. The molecule has 0 saturated carbocycles. The first-order chi connectivity index (χ1) is 27.8. The number of aliphatic hydroxyl groups excluding tert-OH is 1. The second-order valence-corrected chi connectivity index (χ2v) is 16.6. The summed E-state index contributed by atoms with van der Waals surface area (Å²) in [7, 11) is 0. The highest BCUT2D eigenvalue weighted by molar-refractivity contribution is 5.95. The Morgan fingerprint density at radius 2 is 1.28 bits per heavy atom. The van der Waals surface area contributed by atoms with Gasteiger partial charge in [0.2, 0.25) is 11.8 Å². The van der Waals surface area contributed by atoms with E-state index in [1.807, 2.05) is 13.8 Å². The molecule has 0 bridgehead atoms. The number of amides is 2. The third-order valence-electron chi connectivity index (χ3n) is 12.2. The van der Waals surface area contributed by atoms with Crippen molar-refractivity contribution in [3.8, 4) is 0 Å². The third kappa shape index (κ3) is 11.2. The first-order valence-corrected chi connectivity index (χ1v) is 20.6. The zero-order valence-electron chi connectivity index (χ0n) is 33.7. The molecule has 4 heterocycles. The molecule has 4 saturated heterocycles. The summed E-state index contributed by atoms with van der Waals surface area (Å²) in [4.78, 5) is 61.3. The van der Waals surface area contributed by atoms with Crippen LogP contribution in [0.1, 0.15) is 90.9 Å². The largest absolute Gasteiger partial charge is 0.458 e. The maximum absolute atomic E-state index is 12.4. The molecule has 0 radical (unpaired) electrons. The average molecular weight is 807 g/mol. The molecule has 4 fully saturated rings. The molecule has 0 aromatic rings. The van der Waals surface area contributed by atoms with E-state index in [1.54, 1.807) is 0 Å². The predicted molar refractivity (Wildman–Crippen MR) is 210 cm³/mol. The highest BCUT2D eigenvalue weighted by Gasteiger charge is 2.62. The van der Waals surface area contributed by atoms with Crippen LogP contribution in [0.2, 0.25) is 0 Å². The summed E-state index contributed by atoms with van der Waals surface area (Å²) in [6.45, 7) is 13.1. The van der Waals surface area contributed by atoms with Gasteiger partial charge in [0, 0.05) is 54.8 Å². The number of aliphatic hydroxyl groups is 1. The fourth-order valence-electron chi connectivity index (χ4n) is 8.47. The number of nitrogens with one attached hydrogen (secondary N) is 2. The molecule has 14 heteroatoms. The van der Waals surface area contributed by atoms with Gasteiger partial charge in [-0.3, -0.25) is 9.59 Å². The van der Waals surface area contributed by atoms with Crippen LogP contribution in [-0.4, -0.2) is 103 Å². The molecule has 0 spiro atoms. The second kappa shape index (κ2) is 19.1. The monoisotopic (exact) mass is 806 g/mol. The van der Waals surface area contributed by atoms with E-state index in [1.165, 1.54) is 0 Å². The Morgan fingerprint density at radius 3 is 1.81 bits per heavy atom. The summed E-state index contributed by atoms with van der Waals surface area (Å²) in [6, 6.07) is 0. The van der Waals surface area contributed by atoms with Gasteiger partial charge in [-0.2, -0.15) is 0 Å². The lowest BCUT2D eigenvalue weighted by molar-refractivity contribution is -0.140. The molecule has 1 unspecified atom stereocenters. The van der Waals surface area contributed by atoms with Crippen LogP contribution in [-0.2, 0) is 52.4 Å². The molecule has 0 aromatic heterocycles. The summed E-state index contributed by atoms with van der Waals surface area (Å²) >= 11 is 0. The molecule has 2 aliphatic carbocycles. The van der Waals surface area contributed by atoms with E-state index in [0.717, 1.165) is 86.8 Å². The molecule has 9 atom stereocenters. The van der Waals surface area contributed by atoms with Crippen molar-refractivity contribution in [2.45, 2.75) is 133 Å². The van der Waals surface area contributed by atoms with Gasteiger partial charge >= 0.3 is 17.9 Å². The van der Waals surface area contributed by atoms with Gasteiger partial charge in [-0.15, -0.1) is 0 Å². The molecular formula is C44H58N2O12. The lowest BCUT2D eigenvalue weighted by Gasteiger charge is -2.20. The lowest BCUT2D eigenvalue weighted by Crippen LogP contribution is -2.29. The number of allylic oxidation sites excluding steroid dienone is 2. The van der Waals surface area contributed by atoms with Crippen LogP contribution in [0.3, 0.4) is 0 Å². The van der Waals surface area contributed by atoms with E-state index in [0.29, 0.717) is 49.9 Å². The molecule has 14 nitrogen and oxygen atoms in total. The molecule has 2 amide bonds. The van der Waals surface area contributed by atoms with Crippen LogP contribution in [0, 0.1) is 11.8 Å². The number of ether oxygens (including phenoxy) is 6. The Labute approximate surface area is 340 Å². The van der Waals surface area contributed by atoms with E-state index in [4.69, 9.17) is 28.4 Å². The van der Waals surface area contributed by atoms with Crippen molar-refractivity contribution in [3.63, 3.8) is 0 Å². The van der Waals surface area contributed by atoms with Crippen LogP contribution in [0.15, 0.2) is 71.9 Å². The van der Waals surface area contributed by atoms with Crippen molar-refractivity contribution in [1.82, 2.24) is 10.6 Å². The van der Waals surface area contributed by atoms with Crippen LogP contribution in [0.25, 0.3) is 0 Å². The van der Waals surface area contributed by atoms with Crippen molar-refractivity contribution < 1.29 is 57.5 Å². The third-order valence-corrected chi connectivity index (χ3v) is 12.2. The van der Waals surface area contributed by atoms with Crippen LogP contribution >= 0.6 is 0 Å². The molecule has 316 valence electrons. The number of esters is 3. The van der Waals surface area contributed by atoms with E-state index in [9.17, 15) is 29.1 Å². The van der Waals surface area contributed by atoms with Crippen molar-refractivity contribution in [3.05, 3.63) is 71.9 Å². The van der Waals surface area contributed by atoms with Gasteiger partial charge in [-0.05, 0) is 94.8 Å². The standard InChI is InChI=1S/C44H58N2O12/c1-27-31-15-13-29(11-9-21-43(3)39(57-43)37(31)55-41(27)51)25-53-35(49)19-17-33(47)45-23-7-5-6-8-24-46-34(48)18-20-36(50)54-26-30-12-10-22-44(4)40(58-44)38-32(16-14-30)28(2)42(52)56-38/h11-12,17-20,31-32,37-41,51H,1-2,5-10,13-16,21-26H2,3-4H3,(H,45,47)(H,46,48)/b19-17+,20-18+,29-11+,30-12+/t31-,32-,37-,38-,39-,40-,41?,43+,44+/m0/s1. The van der Waals surface area contributed by atoms with Gasteiger partial charge in [-0.1, -0.05) is 38.2 Å². The van der Waals surface area contributed by atoms with Gasteiger partial charge in [0.05, 0.1) is 17.3 Å². The Bertz CT molecular complexity index is 1750. The quantitative estimate of drug-likeness (QED) is 0.0533. The second-order valence-electron chi connectivity index (χ2n) is 16.6. The summed E-state index contributed by atoms with van der Waals surface area (Å²) in [5.74, 6) is -2.58. The molecule has 6 rings (SSSR count). The average Bonchev–Trinajstić information content (AvgIpc) is 4.01. The molecule has 0 aromatic carbocycles. The first-order valence-electron chi connectivity index (χ1n) is 20.6. The molecule has 4 aliphatic heterocycles. The molecular weight excluding hydrogens is 748 g/mol. The Morgan fingerprint density at radius 1 is 0.776 bits per heavy atom. The number of rotatable bonds is 15. The van der Waals surface area contributed by atoms with Gasteiger partial charge in [0.25, 0.3) is 0 Å². The Balaban J connectivity index is 0.787. The maximum Gasteiger partial charge on any atom is 0.334 e. The van der Waals surface area contributed by atoms with E-state index < -0.39 is 30.0 Å². The predicted octanol–water partition coefficient (Wildman–Crippen LogP) is 4.28. The zero-order valence-corrected chi connectivity index (χ0v) is 33.7. The molecule has 58 heavy (non-hydrogen) atoms. The highest BCUT2D eigenvalue weighted by atomic mass is 16.7. The number of hydrogen-bond acceptors (Lipinski definition) is 12. The van der Waals surface area contributed by atoms with Crippen molar-refractivity contribution in [1.29, 1.82) is 0 Å². The van der Waals surface area contributed by atoms with Crippen LogP contribution < -0.4 is 10.6 Å². The minimum atomic E-state index is -0.996. The van der Waals surface area contributed by atoms with E-state index >= 15 is 0 Å². The topological polar surface area (TPSA) is 192 Å². The summed E-state index contributed by atoms with van der Waals surface area (Å²) in [5, 5.41) is 15.7. The summed E-state index contributed by atoms with van der Waals surface area (Å²) in [5.41, 5.74) is 2.37. The molecule has 6 aliphatic rings. The minimum Gasteiger partial charge on any atom is -0.458 e. The maximum atomic E-state index is 12.4. The Kier molecular flexibility index (Phi) is 14.3. The summed E-state index contributed by atoms with van der Waals surface area (Å²) in [6.07, 6.45) is 15.7. The Hall–Kier alpha value is -4.37. The number of fused-ring (bicyclic) bond motifs is 6. The minimum absolute atomic E-state index is 0.0431. The fraction of sp³-hybridized carbons (Fsp3) is 0.614. The normalized spacial score (nSPS) is 34.9. The lowest BCUT2D eigenvalue weighted by atomic mass is 9.84. The zero-order chi connectivity index (χ0) is 41.5. The van der Waals surface area contributed by atoms with Crippen LogP contribution in [0.4, 0.5) is 0 Å². The number of hydrogen-bond donors (Lipinski definition) is 3. The number of unbranched alkanes of at least 4 members (excludes halogenated alkanes) is 3. The van der Waals surface area contributed by atoms with Crippen LogP contribution in [0.5, 0.6) is 0 Å². The van der Waals surface area contributed by atoms with Gasteiger partial charge in [0.1, 0.15) is 31.5 Å². The molecule has 3 N–H and O–H groups in total. The fourth-order valence-corrected chi connectivity index (χ4v) is 8.47. The SMILES string of the molecule is C=C1C(=O)O[C@H]2[C@H]1CC/C(COC(=O)/C=C/C(=O)NCCCCCCNC(=O)/C=C/C(=O)OC/C1=C/CC[C@@]3(C)O[C@H]3[C@H]3OC(O)C(=C)[C@@H]3CC1)=C\CC[C@@]1(C)O[C@@H]21. The van der Waals surface area contributed by atoms with Crippen molar-refractivity contribution in [2.75, 3.05) is 26.3 Å². The highest BCUT2D eigenvalue weighted by Crippen LogP contribution is 2.51. The number of epoxide rings is 2. The van der Waals surface area contributed by atoms with Gasteiger partial charge in [-0.25, -0.2) is 14.4 Å². The van der Waals surface area contributed by atoms with Gasteiger partial charge < -0.3 is 44.2 Å². The first kappa shape index (κ1) is 43.2. The van der Waals surface area contributed by atoms with Crippen molar-refractivity contribution in [2.24, 2.45) is 11.8 Å². The van der Waals surface area contributed by atoms with Gasteiger partial charge in [0.15, 0.2) is 6.29 Å². The smallest absolute Gasteiger partial charge is 0.334 e. The van der Waals surface area contributed by atoms with E-state index in [2.05, 4.69) is 35.9 Å². The van der Waals surface area contributed by atoms with Crippen molar-refractivity contribution >= 4 is 29.7 Å². The van der Waals surface area contributed by atoms with E-state index in [-0.39, 0.29) is 66.6 Å². The number of carbonyl (C=O) groups is 5. The number of carbonyl (C=O) groups excluding carboxylic acids is 5.